The summed E-state index contributed by atoms with van der Waals surface area (Å²) in [6.07, 6.45) is -4.63. The highest BCUT2D eigenvalue weighted by molar-refractivity contribution is 5.91. The molecule has 3 N–H and O–H groups in total. The highest BCUT2D eigenvalue weighted by Gasteiger charge is 2.34. The summed E-state index contributed by atoms with van der Waals surface area (Å²) in [5.74, 6) is 0.847. The van der Waals surface area contributed by atoms with Gasteiger partial charge in [-0.2, -0.15) is 18.3 Å². The number of nitrogens with zero attached hydrogens (tertiary/aromatic N) is 3. The fourth-order valence-electron chi connectivity index (χ4n) is 2.87. The number of carbonyl (C=O) groups is 1. The maximum absolute atomic E-state index is 13.5. The van der Waals surface area contributed by atoms with Crippen LogP contribution in [0.3, 0.4) is 0 Å². The lowest BCUT2D eigenvalue weighted by molar-refractivity contribution is -0.136. The highest BCUT2D eigenvalue weighted by Crippen LogP contribution is 2.37. The van der Waals surface area contributed by atoms with Crippen molar-refractivity contribution in [1.29, 1.82) is 0 Å². The second-order valence-corrected chi connectivity index (χ2v) is 6.84. The SMILES string of the molecule is Cc1nc(C(NC(=O)Nc2ccc(N(C)C)cc2C(F)(F)F)c2ccccc2)n[nH]1. The van der Waals surface area contributed by atoms with Crippen LogP contribution in [0.4, 0.5) is 29.3 Å². The van der Waals surface area contributed by atoms with Gasteiger partial charge in [-0.25, -0.2) is 9.78 Å². The van der Waals surface area contributed by atoms with Crippen LogP contribution in [-0.4, -0.2) is 35.3 Å². The second kappa shape index (κ2) is 8.44. The summed E-state index contributed by atoms with van der Waals surface area (Å²) in [7, 11) is 3.28. The molecular weight excluding hydrogens is 397 g/mol. The fourth-order valence-corrected chi connectivity index (χ4v) is 2.87. The van der Waals surface area contributed by atoms with Gasteiger partial charge in [0.2, 0.25) is 0 Å². The Morgan fingerprint density at radius 2 is 1.83 bits per heavy atom. The molecule has 0 radical (unpaired) electrons. The van der Waals surface area contributed by atoms with Gasteiger partial charge in [-0.3, -0.25) is 5.10 Å². The van der Waals surface area contributed by atoms with Gasteiger partial charge in [-0.15, -0.1) is 0 Å². The van der Waals surface area contributed by atoms with E-state index in [9.17, 15) is 18.0 Å². The van der Waals surface area contributed by atoms with Gasteiger partial charge in [-0.05, 0) is 30.7 Å². The minimum Gasteiger partial charge on any atom is -0.378 e. The number of H-pyrrole nitrogens is 1. The summed E-state index contributed by atoms with van der Waals surface area (Å²) >= 11 is 0. The van der Waals surface area contributed by atoms with Crippen LogP contribution in [0.2, 0.25) is 0 Å². The predicted molar refractivity (Wildman–Crippen MR) is 107 cm³/mol. The molecule has 3 aromatic rings. The summed E-state index contributed by atoms with van der Waals surface area (Å²) in [6.45, 7) is 1.71. The molecular formula is C20H21F3N6O. The Labute approximate surface area is 171 Å². The third-order valence-electron chi connectivity index (χ3n) is 4.35. The van der Waals surface area contributed by atoms with E-state index >= 15 is 0 Å². The lowest BCUT2D eigenvalue weighted by atomic mass is 10.1. The summed E-state index contributed by atoms with van der Waals surface area (Å²) in [6, 6.07) is 11.1. The molecule has 1 unspecified atom stereocenters. The predicted octanol–water partition coefficient (Wildman–Crippen LogP) is 4.11. The minimum absolute atomic E-state index is 0.299. The molecule has 0 saturated carbocycles. The number of hydrogen-bond donors (Lipinski definition) is 3. The molecule has 0 fully saturated rings. The smallest absolute Gasteiger partial charge is 0.378 e. The first-order valence-corrected chi connectivity index (χ1v) is 9.05. The van der Waals surface area contributed by atoms with Crippen molar-refractivity contribution >= 4 is 17.4 Å². The van der Waals surface area contributed by atoms with Crippen LogP contribution < -0.4 is 15.5 Å². The van der Waals surface area contributed by atoms with E-state index in [2.05, 4.69) is 25.8 Å². The normalized spacial score (nSPS) is 12.3. The zero-order chi connectivity index (χ0) is 21.9. The summed E-state index contributed by atoms with van der Waals surface area (Å²) in [5, 5.41) is 11.7. The van der Waals surface area contributed by atoms with Crippen molar-refractivity contribution in [2.75, 3.05) is 24.3 Å². The van der Waals surface area contributed by atoms with E-state index in [0.29, 0.717) is 22.9 Å². The Kier molecular flexibility index (Phi) is 5.95. The number of hydrogen-bond acceptors (Lipinski definition) is 4. The van der Waals surface area contributed by atoms with Gasteiger partial charge in [0.1, 0.15) is 11.9 Å². The van der Waals surface area contributed by atoms with Crippen molar-refractivity contribution in [3.8, 4) is 0 Å². The molecule has 1 heterocycles. The molecule has 2 aromatic carbocycles. The number of aromatic amines is 1. The molecule has 1 aromatic heterocycles. The van der Waals surface area contributed by atoms with Crippen LogP contribution >= 0.6 is 0 Å². The number of anilines is 2. The Hall–Kier alpha value is -3.56. The van der Waals surface area contributed by atoms with Crippen LogP contribution in [0.5, 0.6) is 0 Å². The molecule has 0 saturated heterocycles. The number of aryl methyl sites for hydroxylation is 1. The summed E-state index contributed by atoms with van der Waals surface area (Å²) in [4.78, 5) is 18.4. The third-order valence-corrected chi connectivity index (χ3v) is 4.35. The number of rotatable bonds is 5. The van der Waals surface area contributed by atoms with Crippen LogP contribution in [0.25, 0.3) is 0 Å². The molecule has 7 nitrogen and oxygen atoms in total. The first-order chi connectivity index (χ1) is 14.1. The monoisotopic (exact) mass is 418 g/mol. The molecule has 10 heteroatoms. The number of amides is 2. The average Bonchev–Trinajstić information content (AvgIpc) is 3.12. The van der Waals surface area contributed by atoms with E-state index in [1.807, 2.05) is 6.07 Å². The molecule has 3 rings (SSSR count). The van der Waals surface area contributed by atoms with Crippen molar-refractivity contribution in [2.45, 2.75) is 19.1 Å². The first kappa shape index (κ1) is 21.2. The van der Waals surface area contributed by atoms with Gasteiger partial charge in [0.05, 0.1) is 11.3 Å². The van der Waals surface area contributed by atoms with Gasteiger partial charge < -0.3 is 15.5 Å². The van der Waals surface area contributed by atoms with Crippen LogP contribution in [-0.2, 0) is 6.18 Å². The number of aromatic nitrogens is 3. The Morgan fingerprint density at radius 1 is 1.13 bits per heavy atom. The molecule has 2 amide bonds. The molecule has 1 atom stereocenters. The number of halogens is 3. The van der Waals surface area contributed by atoms with Gasteiger partial charge in [0, 0.05) is 19.8 Å². The van der Waals surface area contributed by atoms with E-state index in [1.54, 1.807) is 50.2 Å². The minimum atomic E-state index is -4.63. The second-order valence-electron chi connectivity index (χ2n) is 6.84. The standard InChI is InChI=1S/C20H21F3N6O/c1-12-24-18(28-27-12)17(13-7-5-4-6-8-13)26-19(30)25-16-10-9-14(29(2)3)11-15(16)20(21,22)23/h4-11,17H,1-3H3,(H,24,27,28)(H2,25,26,30). The highest BCUT2D eigenvalue weighted by atomic mass is 19.4. The van der Waals surface area contributed by atoms with Crippen molar-refractivity contribution in [1.82, 2.24) is 20.5 Å². The summed E-state index contributed by atoms with van der Waals surface area (Å²) < 4.78 is 40.6. The quantitative estimate of drug-likeness (QED) is 0.582. The summed E-state index contributed by atoms with van der Waals surface area (Å²) in [5.41, 5.74) is -0.227. The molecule has 0 bridgehead atoms. The van der Waals surface area contributed by atoms with E-state index in [1.165, 1.54) is 12.1 Å². The average molecular weight is 418 g/mol. The Morgan fingerprint density at radius 3 is 2.40 bits per heavy atom. The maximum Gasteiger partial charge on any atom is 0.418 e. The molecule has 158 valence electrons. The number of alkyl halides is 3. The van der Waals surface area contributed by atoms with E-state index in [0.717, 1.165) is 6.07 Å². The van der Waals surface area contributed by atoms with Crippen LogP contribution in [0, 0.1) is 6.92 Å². The lowest BCUT2D eigenvalue weighted by Gasteiger charge is -2.20. The zero-order valence-electron chi connectivity index (χ0n) is 16.6. The first-order valence-electron chi connectivity index (χ1n) is 9.05. The van der Waals surface area contributed by atoms with Gasteiger partial charge in [0.25, 0.3) is 0 Å². The Bertz CT molecular complexity index is 1020. The zero-order valence-corrected chi connectivity index (χ0v) is 16.6. The van der Waals surface area contributed by atoms with Gasteiger partial charge in [0.15, 0.2) is 5.82 Å². The van der Waals surface area contributed by atoms with Crippen molar-refractivity contribution in [3.63, 3.8) is 0 Å². The van der Waals surface area contributed by atoms with Crippen LogP contribution in [0.15, 0.2) is 48.5 Å². The molecule has 30 heavy (non-hydrogen) atoms. The van der Waals surface area contributed by atoms with Crippen molar-refractivity contribution < 1.29 is 18.0 Å². The van der Waals surface area contributed by atoms with E-state index < -0.39 is 23.8 Å². The van der Waals surface area contributed by atoms with Crippen molar-refractivity contribution in [2.24, 2.45) is 0 Å². The molecule has 0 spiro atoms. The molecule has 0 aliphatic rings. The largest absolute Gasteiger partial charge is 0.418 e. The molecule has 0 aliphatic carbocycles. The fraction of sp³-hybridized carbons (Fsp3) is 0.250. The number of urea groups is 1. The Balaban J connectivity index is 1.87. The van der Waals surface area contributed by atoms with Gasteiger partial charge >= 0.3 is 12.2 Å². The number of carbonyl (C=O) groups excluding carboxylic acids is 1. The maximum atomic E-state index is 13.5. The van der Waals surface area contributed by atoms with E-state index in [-0.39, 0.29) is 5.69 Å². The van der Waals surface area contributed by atoms with Crippen molar-refractivity contribution in [3.05, 3.63) is 71.3 Å². The number of benzene rings is 2. The topological polar surface area (TPSA) is 85.9 Å². The van der Waals surface area contributed by atoms with Gasteiger partial charge in [-0.1, -0.05) is 30.3 Å². The lowest BCUT2D eigenvalue weighted by Crippen LogP contribution is -2.34. The third kappa shape index (κ3) is 4.88. The molecule has 0 aliphatic heterocycles. The van der Waals surface area contributed by atoms with Crippen LogP contribution in [0.1, 0.15) is 28.8 Å². The van der Waals surface area contributed by atoms with E-state index in [4.69, 9.17) is 0 Å². The number of nitrogens with one attached hydrogen (secondary N) is 3.